The second kappa shape index (κ2) is 12.7. The van der Waals surface area contributed by atoms with Crippen LogP contribution in [-0.2, 0) is 4.79 Å². The van der Waals surface area contributed by atoms with Gasteiger partial charge in [-0.05, 0) is 64.9 Å². The van der Waals surface area contributed by atoms with E-state index in [2.05, 4.69) is 30.9 Å². The average molecular weight is 587 g/mol. The van der Waals surface area contributed by atoms with Crippen molar-refractivity contribution in [2.75, 3.05) is 31.3 Å². The van der Waals surface area contributed by atoms with Crippen LogP contribution in [0.15, 0.2) is 67.1 Å². The fourth-order valence-corrected chi connectivity index (χ4v) is 5.49. The number of halogens is 1. The molecule has 0 bridgehead atoms. The van der Waals surface area contributed by atoms with Crippen molar-refractivity contribution in [2.45, 2.75) is 44.2 Å². The predicted molar refractivity (Wildman–Crippen MR) is 167 cm³/mol. The first-order valence-electron chi connectivity index (χ1n) is 14.0. The molecular weight excluding hydrogens is 552 g/mol. The highest BCUT2D eigenvalue weighted by Gasteiger charge is 2.34. The van der Waals surface area contributed by atoms with Crippen molar-refractivity contribution in [3.63, 3.8) is 0 Å². The fraction of sp³-hybridized carbons (Fsp3) is 0.323. The highest BCUT2D eigenvalue weighted by atomic mass is 35.5. The van der Waals surface area contributed by atoms with Crippen LogP contribution in [0.3, 0.4) is 0 Å². The maximum Gasteiger partial charge on any atom is 0.270 e. The Morgan fingerprint density at radius 2 is 2.00 bits per heavy atom. The van der Waals surface area contributed by atoms with Crippen LogP contribution in [-0.4, -0.2) is 68.9 Å². The smallest absolute Gasteiger partial charge is 0.270 e. The van der Waals surface area contributed by atoms with Crippen LogP contribution in [0, 0.1) is 0 Å². The highest BCUT2D eigenvalue weighted by Crippen LogP contribution is 2.34. The van der Waals surface area contributed by atoms with E-state index in [0.717, 1.165) is 35.7 Å². The molecule has 0 aliphatic heterocycles. The third-order valence-corrected chi connectivity index (χ3v) is 7.60. The number of likely N-dealkylation sites (N-methyl/N-ethyl adjacent to an activating group) is 1. The molecule has 3 heterocycles. The number of aromatic amines is 1. The summed E-state index contributed by atoms with van der Waals surface area (Å²) in [6.45, 7) is 2.71. The van der Waals surface area contributed by atoms with Gasteiger partial charge in [0, 0.05) is 46.9 Å². The van der Waals surface area contributed by atoms with Gasteiger partial charge < -0.3 is 25.8 Å². The molecular formula is C31H35ClN8O2. The molecule has 1 aliphatic rings. The molecule has 4 aromatic rings. The minimum Gasteiger partial charge on any atom is -0.360 e. The summed E-state index contributed by atoms with van der Waals surface area (Å²) < 4.78 is 0. The van der Waals surface area contributed by atoms with E-state index < -0.39 is 5.54 Å². The fourth-order valence-electron chi connectivity index (χ4n) is 5.29. The number of carbonyl (C=O) groups is 2. The Morgan fingerprint density at radius 3 is 2.79 bits per heavy atom. The first kappa shape index (κ1) is 29.2. The number of fused-ring (bicyclic) bond motifs is 1. The molecule has 2 unspecified atom stereocenters. The maximum atomic E-state index is 13.1. The zero-order chi connectivity index (χ0) is 29.7. The third kappa shape index (κ3) is 7.13. The van der Waals surface area contributed by atoms with Gasteiger partial charge in [-0.25, -0.2) is 15.0 Å². The number of amides is 2. The van der Waals surface area contributed by atoms with Crippen molar-refractivity contribution < 1.29 is 9.59 Å². The van der Waals surface area contributed by atoms with Crippen molar-refractivity contribution in [3.8, 4) is 11.3 Å². The Hall–Kier alpha value is -4.28. The number of rotatable bonds is 9. The molecule has 11 heteroatoms. The van der Waals surface area contributed by atoms with Gasteiger partial charge in [0.2, 0.25) is 11.9 Å². The van der Waals surface area contributed by atoms with Crippen molar-refractivity contribution >= 4 is 46.0 Å². The number of benzene rings is 1. The summed E-state index contributed by atoms with van der Waals surface area (Å²) in [7, 11) is 3.85. The van der Waals surface area contributed by atoms with Crippen molar-refractivity contribution in [2.24, 2.45) is 0 Å². The van der Waals surface area contributed by atoms with Gasteiger partial charge in [0.15, 0.2) is 0 Å². The Kier molecular flexibility index (Phi) is 8.84. The van der Waals surface area contributed by atoms with E-state index in [4.69, 9.17) is 16.6 Å². The number of hydrogen-bond donors (Lipinski definition) is 4. The summed E-state index contributed by atoms with van der Waals surface area (Å²) >= 11 is 6.51. The van der Waals surface area contributed by atoms with Gasteiger partial charge in [-0.3, -0.25) is 9.59 Å². The molecule has 2 amide bonds. The molecule has 5 rings (SSSR count). The molecule has 1 aromatic carbocycles. The average Bonchev–Trinajstić information content (AvgIpc) is 3.38. The molecule has 1 saturated carbocycles. The number of aromatic nitrogens is 4. The van der Waals surface area contributed by atoms with Gasteiger partial charge >= 0.3 is 0 Å². The SMILES string of the molecule is CN(C)CC=CC(=O)Nc1ccc(C(=O)NC2(C)CCCC(Nc3ncc(Cl)c(-c4c[nH]c5ccccc45)n3)C2)nc1. The molecule has 4 N–H and O–H groups in total. The van der Waals surface area contributed by atoms with Crippen LogP contribution in [0.2, 0.25) is 5.02 Å². The first-order valence-corrected chi connectivity index (χ1v) is 14.3. The Morgan fingerprint density at radius 1 is 1.17 bits per heavy atom. The highest BCUT2D eigenvalue weighted by molar-refractivity contribution is 6.33. The second-order valence-electron chi connectivity index (χ2n) is 11.2. The lowest BCUT2D eigenvalue weighted by Crippen LogP contribution is -2.51. The van der Waals surface area contributed by atoms with E-state index in [0.29, 0.717) is 35.3 Å². The van der Waals surface area contributed by atoms with Gasteiger partial charge in [0.1, 0.15) is 5.69 Å². The zero-order valence-corrected chi connectivity index (χ0v) is 24.7. The molecule has 0 saturated heterocycles. The van der Waals surface area contributed by atoms with Gasteiger partial charge in [-0.1, -0.05) is 35.9 Å². The molecule has 218 valence electrons. The summed E-state index contributed by atoms with van der Waals surface area (Å²) in [4.78, 5) is 43.9. The lowest BCUT2D eigenvalue weighted by Gasteiger charge is -2.39. The minimum absolute atomic E-state index is 0.0622. The second-order valence-corrected chi connectivity index (χ2v) is 11.6. The summed E-state index contributed by atoms with van der Waals surface area (Å²) in [5.74, 6) is -0.00950. The number of hydrogen-bond acceptors (Lipinski definition) is 7. The lowest BCUT2D eigenvalue weighted by atomic mass is 9.80. The predicted octanol–water partition coefficient (Wildman–Crippen LogP) is 5.27. The Labute approximate surface area is 250 Å². The van der Waals surface area contributed by atoms with E-state index in [1.54, 1.807) is 24.4 Å². The number of carbonyl (C=O) groups excluding carboxylic acids is 2. The van der Waals surface area contributed by atoms with Gasteiger partial charge in [0.05, 0.1) is 28.8 Å². The lowest BCUT2D eigenvalue weighted by molar-refractivity contribution is -0.111. The summed E-state index contributed by atoms with van der Waals surface area (Å²) in [5, 5.41) is 10.9. The number of para-hydroxylation sites is 1. The van der Waals surface area contributed by atoms with Crippen LogP contribution < -0.4 is 16.0 Å². The maximum absolute atomic E-state index is 13.1. The van der Waals surface area contributed by atoms with Crippen molar-refractivity contribution in [1.29, 1.82) is 0 Å². The normalized spacial score (nSPS) is 18.8. The van der Waals surface area contributed by atoms with Gasteiger partial charge in [0.25, 0.3) is 5.91 Å². The largest absolute Gasteiger partial charge is 0.360 e. The molecule has 2 atom stereocenters. The van der Waals surface area contributed by atoms with E-state index in [9.17, 15) is 9.59 Å². The molecule has 10 nitrogen and oxygen atoms in total. The van der Waals surface area contributed by atoms with Crippen LogP contribution in [0.4, 0.5) is 11.6 Å². The van der Waals surface area contributed by atoms with Crippen LogP contribution >= 0.6 is 11.6 Å². The summed E-state index contributed by atoms with van der Waals surface area (Å²) in [5.41, 5.74) is 2.96. The number of nitrogens with zero attached hydrogens (tertiary/aromatic N) is 4. The van der Waals surface area contributed by atoms with E-state index in [1.165, 1.54) is 12.3 Å². The van der Waals surface area contributed by atoms with Crippen molar-refractivity contribution in [3.05, 3.63) is 77.9 Å². The van der Waals surface area contributed by atoms with Gasteiger partial charge in [-0.2, -0.15) is 0 Å². The quantitative estimate of drug-likeness (QED) is 0.197. The summed E-state index contributed by atoms with van der Waals surface area (Å²) in [6, 6.07) is 11.4. The number of H-pyrrole nitrogens is 1. The van der Waals surface area contributed by atoms with Crippen LogP contribution in [0.5, 0.6) is 0 Å². The number of pyridine rings is 1. The van der Waals surface area contributed by atoms with E-state index >= 15 is 0 Å². The molecule has 1 fully saturated rings. The topological polar surface area (TPSA) is 128 Å². The standard InChI is InChI=1S/C31H35ClN8O2/c1-31(39-29(42)26-13-12-21(17-33-26)36-27(41)11-7-15-40(2)3)14-6-8-20(16-31)37-30-35-19-24(32)28(38-30)23-18-34-25-10-5-4-9-22(23)25/h4-5,7,9-13,17-20,34H,6,8,14-16H2,1-3H3,(H,36,41)(H,39,42)(H,35,37,38). The van der Waals surface area contributed by atoms with Crippen LogP contribution in [0.1, 0.15) is 43.1 Å². The molecule has 0 spiro atoms. The van der Waals surface area contributed by atoms with E-state index in [1.807, 2.05) is 56.4 Å². The Balaban J connectivity index is 1.21. The monoisotopic (exact) mass is 586 g/mol. The minimum atomic E-state index is -0.440. The zero-order valence-electron chi connectivity index (χ0n) is 23.9. The molecule has 42 heavy (non-hydrogen) atoms. The summed E-state index contributed by atoms with van der Waals surface area (Å²) in [6.07, 6.45) is 11.7. The Bertz CT molecular complexity index is 1600. The van der Waals surface area contributed by atoms with Crippen molar-refractivity contribution in [1.82, 2.24) is 30.2 Å². The number of anilines is 2. The van der Waals surface area contributed by atoms with Gasteiger partial charge in [-0.15, -0.1) is 0 Å². The molecule has 3 aromatic heterocycles. The molecule has 0 radical (unpaired) electrons. The molecule has 1 aliphatic carbocycles. The van der Waals surface area contributed by atoms with E-state index in [-0.39, 0.29) is 23.6 Å². The third-order valence-electron chi connectivity index (χ3n) is 7.32. The first-order chi connectivity index (χ1) is 20.2. The number of nitrogens with one attached hydrogen (secondary N) is 4. The van der Waals surface area contributed by atoms with Crippen LogP contribution in [0.25, 0.3) is 22.2 Å².